The molecule has 0 aliphatic carbocycles. The van der Waals surface area contributed by atoms with Crippen molar-refractivity contribution >= 4 is 21.6 Å². The zero-order chi connectivity index (χ0) is 21.3. The normalized spacial score (nSPS) is 14.6. The molecule has 0 bridgehead atoms. The molecular formula is C24H28BrN3O2. The van der Waals surface area contributed by atoms with Crippen molar-refractivity contribution < 1.29 is 9.47 Å². The average Bonchev–Trinajstić information content (AvgIpc) is 3.11. The van der Waals surface area contributed by atoms with E-state index in [1.807, 2.05) is 12.1 Å². The number of hydrogen-bond acceptors (Lipinski definition) is 4. The van der Waals surface area contributed by atoms with E-state index >= 15 is 0 Å². The van der Waals surface area contributed by atoms with Crippen LogP contribution < -0.4 is 14.8 Å². The van der Waals surface area contributed by atoms with Gasteiger partial charge in [-0.25, -0.2) is 4.98 Å². The van der Waals surface area contributed by atoms with Crippen LogP contribution in [0, 0.1) is 0 Å². The number of nitrogens with one attached hydrogen (secondary N) is 1. The second kappa shape index (κ2) is 8.72. The molecule has 1 atom stereocenters. The molecule has 1 aliphatic heterocycles. The highest BCUT2D eigenvalue weighted by Crippen LogP contribution is 2.42. The number of unbranched alkanes of at least 4 members (excludes halogenated alkanes) is 1. The number of ether oxygens (including phenoxy) is 2. The van der Waals surface area contributed by atoms with Crippen LogP contribution in [0.1, 0.15) is 49.8 Å². The zero-order valence-electron chi connectivity index (χ0n) is 18.0. The van der Waals surface area contributed by atoms with Crippen LogP contribution in [0.25, 0.3) is 11.3 Å². The number of aryl methyl sites for hydroxylation is 1. The molecule has 0 saturated heterocycles. The van der Waals surface area contributed by atoms with Gasteiger partial charge in [-0.15, -0.1) is 0 Å². The van der Waals surface area contributed by atoms with E-state index in [-0.39, 0.29) is 6.04 Å². The van der Waals surface area contributed by atoms with Crippen LogP contribution in [0.2, 0.25) is 0 Å². The van der Waals surface area contributed by atoms with Crippen LogP contribution in [0.5, 0.6) is 11.5 Å². The molecule has 3 aromatic rings. The Balaban J connectivity index is 1.86. The molecule has 4 rings (SSSR count). The molecule has 1 aliphatic rings. The molecule has 2 heterocycles. The summed E-state index contributed by atoms with van der Waals surface area (Å²) in [5.41, 5.74) is 5.75. The van der Waals surface area contributed by atoms with Crippen LogP contribution >= 0.6 is 15.9 Å². The summed E-state index contributed by atoms with van der Waals surface area (Å²) in [7, 11) is 3.38. The Bertz CT molecular complexity index is 1060. The summed E-state index contributed by atoms with van der Waals surface area (Å²) >= 11 is 3.60. The molecule has 0 spiro atoms. The van der Waals surface area contributed by atoms with Crippen LogP contribution in [-0.4, -0.2) is 23.8 Å². The quantitative estimate of drug-likeness (QED) is 0.446. The minimum absolute atomic E-state index is 0.154. The van der Waals surface area contributed by atoms with E-state index in [0.717, 1.165) is 58.0 Å². The SMILES string of the molecule is CCCCc1nc2c(n1Cc1ccc(OC)cc1OC)-c1ccc(Br)cc1NC2C. The lowest BCUT2D eigenvalue weighted by Crippen LogP contribution is -2.16. The third-order valence-electron chi connectivity index (χ3n) is 5.67. The highest BCUT2D eigenvalue weighted by molar-refractivity contribution is 9.10. The summed E-state index contributed by atoms with van der Waals surface area (Å²) in [6, 6.07) is 12.6. The van der Waals surface area contributed by atoms with Crippen LogP contribution in [0.15, 0.2) is 40.9 Å². The highest BCUT2D eigenvalue weighted by Gasteiger charge is 2.29. The fourth-order valence-corrected chi connectivity index (χ4v) is 4.46. The number of hydrogen-bond donors (Lipinski definition) is 1. The third kappa shape index (κ3) is 3.81. The summed E-state index contributed by atoms with van der Waals surface area (Å²) in [4.78, 5) is 5.10. The molecule has 30 heavy (non-hydrogen) atoms. The van der Waals surface area contributed by atoms with Crippen molar-refractivity contribution in [1.82, 2.24) is 9.55 Å². The van der Waals surface area contributed by atoms with E-state index in [1.165, 1.54) is 11.3 Å². The predicted octanol–water partition coefficient (Wildman–Crippen LogP) is 6.21. The van der Waals surface area contributed by atoms with Crippen LogP contribution in [-0.2, 0) is 13.0 Å². The first-order chi connectivity index (χ1) is 14.5. The van der Waals surface area contributed by atoms with Gasteiger partial charge in [0.15, 0.2) is 0 Å². The largest absolute Gasteiger partial charge is 0.497 e. The first kappa shape index (κ1) is 20.8. The minimum Gasteiger partial charge on any atom is -0.497 e. The maximum atomic E-state index is 5.68. The fraction of sp³-hybridized carbons (Fsp3) is 0.375. The Morgan fingerprint density at radius 3 is 2.70 bits per heavy atom. The van der Waals surface area contributed by atoms with Crippen molar-refractivity contribution in [3.8, 4) is 22.8 Å². The van der Waals surface area contributed by atoms with Gasteiger partial charge in [-0.3, -0.25) is 0 Å². The van der Waals surface area contributed by atoms with Gasteiger partial charge in [-0.2, -0.15) is 0 Å². The molecule has 158 valence electrons. The Hall–Kier alpha value is -2.47. The minimum atomic E-state index is 0.154. The van der Waals surface area contributed by atoms with Gasteiger partial charge < -0.3 is 19.4 Å². The van der Waals surface area contributed by atoms with Crippen molar-refractivity contribution in [2.24, 2.45) is 0 Å². The van der Waals surface area contributed by atoms with Gasteiger partial charge in [0.2, 0.25) is 0 Å². The molecule has 0 radical (unpaired) electrons. The van der Waals surface area contributed by atoms with Gasteiger partial charge in [-0.1, -0.05) is 29.3 Å². The maximum absolute atomic E-state index is 5.68. The van der Waals surface area contributed by atoms with Gasteiger partial charge in [0.05, 0.1) is 38.2 Å². The Morgan fingerprint density at radius 2 is 1.97 bits per heavy atom. The topological polar surface area (TPSA) is 48.3 Å². The maximum Gasteiger partial charge on any atom is 0.127 e. The molecule has 0 saturated carbocycles. The molecule has 0 amide bonds. The van der Waals surface area contributed by atoms with E-state index < -0.39 is 0 Å². The number of halogens is 1. The number of nitrogens with zero attached hydrogens (tertiary/aromatic N) is 2. The number of methoxy groups -OCH3 is 2. The number of benzene rings is 2. The van der Waals surface area contributed by atoms with Crippen molar-refractivity contribution in [2.45, 2.75) is 45.7 Å². The van der Waals surface area contributed by atoms with Crippen LogP contribution in [0.4, 0.5) is 5.69 Å². The van der Waals surface area contributed by atoms with E-state index in [4.69, 9.17) is 14.5 Å². The van der Waals surface area contributed by atoms with Gasteiger partial charge in [-0.05, 0) is 43.7 Å². The molecule has 2 aromatic carbocycles. The number of anilines is 1. The zero-order valence-corrected chi connectivity index (χ0v) is 19.5. The highest BCUT2D eigenvalue weighted by atomic mass is 79.9. The molecule has 1 aromatic heterocycles. The molecular weight excluding hydrogens is 442 g/mol. The number of imidazole rings is 1. The summed E-state index contributed by atoms with van der Waals surface area (Å²) in [5, 5.41) is 3.61. The summed E-state index contributed by atoms with van der Waals surface area (Å²) in [6.07, 6.45) is 3.21. The molecule has 6 heteroatoms. The first-order valence-corrected chi connectivity index (χ1v) is 11.2. The Labute approximate surface area is 186 Å². The summed E-state index contributed by atoms with van der Waals surface area (Å²) in [5.74, 6) is 2.75. The van der Waals surface area contributed by atoms with Crippen molar-refractivity contribution in [3.63, 3.8) is 0 Å². The van der Waals surface area contributed by atoms with E-state index in [1.54, 1.807) is 14.2 Å². The molecule has 1 N–H and O–H groups in total. The summed E-state index contributed by atoms with van der Waals surface area (Å²) in [6.45, 7) is 5.10. The van der Waals surface area contributed by atoms with Gasteiger partial charge in [0.25, 0.3) is 0 Å². The lowest BCUT2D eigenvalue weighted by atomic mass is 9.99. The fourth-order valence-electron chi connectivity index (χ4n) is 4.10. The van der Waals surface area contributed by atoms with Gasteiger partial charge in [0, 0.05) is 33.8 Å². The van der Waals surface area contributed by atoms with Crippen molar-refractivity contribution in [1.29, 1.82) is 0 Å². The third-order valence-corrected chi connectivity index (χ3v) is 6.16. The second-order valence-electron chi connectivity index (χ2n) is 7.69. The van der Waals surface area contributed by atoms with E-state index in [9.17, 15) is 0 Å². The number of fused-ring (bicyclic) bond motifs is 3. The Morgan fingerprint density at radius 1 is 1.13 bits per heavy atom. The molecule has 5 nitrogen and oxygen atoms in total. The predicted molar refractivity (Wildman–Crippen MR) is 125 cm³/mol. The standard InChI is InChI=1S/C24H28BrN3O2/c1-5-6-7-22-27-23-15(2)26-20-12-17(25)9-11-19(20)24(23)28(22)14-16-8-10-18(29-3)13-21(16)30-4/h8-13,15,26H,5-7,14H2,1-4H3. The van der Waals surface area contributed by atoms with Crippen LogP contribution in [0.3, 0.4) is 0 Å². The summed E-state index contributed by atoms with van der Waals surface area (Å²) < 4.78 is 14.5. The second-order valence-corrected chi connectivity index (χ2v) is 8.60. The van der Waals surface area contributed by atoms with Crippen molar-refractivity contribution in [2.75, 3.05) is 19.5 Å². The van der Waals surface area contributed by atoms with E-state index in [0.29, 0.717) is 6.54 Å². The molecule has 1 unspecified atom stereocenters. The van der Waals surface area contributed by atoms with E-state index in [2.05, 4.69) is 63.9 Å². The number of rotatable bonds is 7. The monoisotopic (exact) mass is 469 g/mol. The van der Waals surface area contributed by atoms with Gasteiger partial charge in [0.1, 0.15) is 17.3 Å². The lowest BCUT2D eigenvalue weighted by molar-refractivity contribution is 0.390. The van der Waals surface area contributed by atoms with Crippen molar-refractivity contribution in [3.05, 3.63) is 58.0 Å². The lowest BCUT2D eigenvalue weighted by Gasteiger charge is -2.25. The number of aromatic nitrogens is 2. The molecule has 0 fully saturated rings. The smallest absolute Gasteiger partial charge is 0.127 e. The van der Waals surface area contributed by atoms with Gasteiger partial charge >= 0.3 is 0 Å². The first-order valence-electron chi connectivity index (χ1n) is 10.4. The average molecular weight is 470 g/mol. The Kier molecular flexibility index (Phi) is 6.04.